The van der Waals surface area contributed by atoms with Crippen LogP contribution in [0.25, 0.3) is 0 Å². The molecule has 1 aromatic carbocycles. The molecule has 0 radical (unpaired) electrons. The normalized spacial score (nSPS) is 11.6. The Kier molecular flexibility index (Phi) is 4.45. The average Bonchev–Trinajstić information content (AvgIpc) is 2.48. The smallest absolute Gasteiger partial charge is 0.0841 e. The molecule has 0 spiro atoms. The van der Waals surface area contributed by atoms with E-state index < -0.39 is 0 Å². The van der Waals surface area contributed by atoms with Gasteiger partial charge in [-0.3, -0.25) is 9.98 Å². The Bertz CT molecular complexity index is 549. The van der Waals surface area contributed by atoms with E-state index in [4.69, 9.17) is 4.99 Å². The summed E-state index contributed by atoms with van der Waals surface area (Å²) in [6.45, 7) is 6.36. The molecule has 0 unspecified atom stereocenters. The Morgan fingerprint density at radius 3 is 2.21 bits per heavy atom. The highest BCUT2D eigenvalue weighted by Gasteiger charge is 2.06. The fourth-order valence-corrected chi connectivity index (χ4v) is 2.16. The number of para-hydroxylation sites is 1. The molecule has 0 amide bonds. The van der Waals surface area contributed by atoms with Gasteiger partial charge in [0.25, 0.3) is 0 Å². The molecule has 1 heterocycles. The van der Waals surface area contributed by atoms with Gasteiger partial charge in [-0.1, -0.05) is 38.1 Å². The van der Waals surface area contributed by atoms with Crippen LogP contribution in [0.4, 0.5) is 5.69 Å². The van der Waals surface area contributed by atoms with Crippen LogP contribution in [-0.2, 0) is 12.8 Å². The third kappa shape index (κ3) is 3.08. The van der Waals surface area contributed by atoms with E-state index in [1.807, 2.05) is 25.1 Å². The molecule has 0 bridgehead atoms. The zero-order valence-electron chi connectivity index (χ0n) is 11.9. The van der Waals surface area contributed by atoms with Crippen LogP contribution in [0, 0.1) is 0 Å². The summed E-state index contributed by atoms with van der Waals surface area (Å²) in [5, 5.41) is 0. The van der Waals surface area contributed by atoms with Crippen LogP contribution in [0.1, 0.15) is 37.6 Å². The van der Waals surface area contributed by atoms with Crippen LogP contribution in [-0.4, -0.2) is 10.7 Å². The van der Waals surface area contributed by atoms with Crippen LogP contribution >= 0.6 is 0 Å². The fraction of sp³-hybridized carbons (Fsp3) is 0.294. The number of pyridine rings is 1. The summed E-state index contributed by atoms with van der Waals surface area (Å²) in [5.74, 6) is 0. The molecule has 0 saturated carbocycles. The molecular weight excluding hydrogens is 232 g/mol. The number of aryl methyl sites for hydroxylation is 2. The van der Waals surface area contributed by atoms with E-state index in [2.05, 4.69) is 37.0 Å². The first-order valence-electron chi connectivity index (χ1n) is 6.83. The second kappa shape index (κ2) is 6.28. The predicted molar refractivity (Wildman–Crippen MR) is 81.3 cm³/mol. The van der Waals surface area contributed by atoms with Gasteiger partial charge in [-0.15, -0.1) is 0 Å². The summed E-state index contributed by atoms with van der Waals surface area (Å²) >= 11 is 0. The lowest BCUT2D eigenvalue weighted by Gasteiger charge is -2.10. The summed E-state index contributed by atoms with van der Waals surface area (Å²) in [7, 11) is 0. The van der Waals surface area contributed by atoms with Gasteiger partial charge in [0.05, 0.1) is 17.1 Å². The van der Waals surface area contributed by atoms with E-state index >= 15 is 0 Å². The maximum Gasteiger partial charge on any atom is 0.0841 e. The van der Waals surface area contributed by atoms with Gasteiger partial charge in [0.15, 0.2) is 0 Å². The first kappa shape index (κ1) is 13.5. The van der Waals surface area contributed by atoms with Gasteiger partial charge in [-0.05, 0) is 43.0 Å². The largest absolute Gasteiger partial charge is 0.255 e. The van der Waals surface area contributed by atoms with Crippen molar-refractivity contribution in [2.24, 2.45) is 4.99 Å². The van der Waals surface area contributed by atoms with Crippen molar-refractivity contribution in [1.82, 2.24) is 4.98 Å². The Balaban J connectivity index is 2.47. The molecule has 0 aliphatic rings. The maximum absolute atomic E-state index is 4.82. The third-order valence-corrected chi connectivity index (χ3v) is 3.28. The highest BCUT2D eigenvalue weighted by Crippen LogP contribution is 2.26. The molecule has 0 atom stereocenters. The van der Waals surface area contributed by atoms with Crippen LogP contribution in [0.5, 0.6) is 0 Å². The van der Waals surface area contributed by atoms with E-state index in [1.165, 1.54) is 11.1 Å². The van der Waals surface area contributed by atoms with Gasteiger partial charge in [-0.2, -0.15) is 0 Å². The van der Waals surface area contributed by atoms with Crippen molar-refractivity contribution in [3.05, 3.63) is 59.4 Å². The zero-order valence-corrected chi connectivity index (χ0v) is 11.9. The minimum absolute atomic E-state index is 0.940. The van der Waals surface area contributed by atoms with Crippen molar-refractivity contribution in [3.8, 4) is 0 Å². The molecule has 19 heavy (non-hydrogen) atoms. The number of aromatic nitrogens is 1. The highest BCUT2D eigenvalue weighted by atomic mass is 14.8. The van der Waals surface area contributed by atoms with Crippen LogP contribution in [0.3, 0.4) is 0 Å². The summed E-state index contributed by atoms with van der Waals surface area (Å²) in [6, 6.07) is 12.3. The van der Waals surface area contributed by atoms with Crippen molar-refractivity contribution in [1.29, 1.82) is 0 Å². The molecular formula is C17H20N2. The maximum atomic E-state index is 4.82. The summed E-state index contributed by atoms with van der Waals surface area (Å²) < 4.78 is 0. The Hall–Kier alpha value is -1.96. The fourth-order valence-electron chi connectivity index (χ4n) is 2.16. The highest BCUT2D eigenvalue weighted by molar-refractivity contribution is 5.98. The van der Waals surface area contributed by atoms with Gasteiger partial charge in [0.1, 0.15) is 0 Å². The molecule has 0 saturated heterocycles. The van der Waals surface area contributed by atoms with Crippen molar-refractivity contribution < 1.29 is 0 Å². The van der Waals surface area contributed by atoms with Gasteiger partial charge < -0.3 is 0 Å². The second-order valence-corrected chi connectivity index (χ2v) is 4.54. The van der Waals surface area contributed by atoms with E-state index in [0.717, 1.165) is 29.9 Å². The van der Waals surface area contributed by atoms with Crippen molar-refractivity contribution in [3.63, 3.8) is 0 Å². The van der Waals surface area contributed by atoms with Gasteiger partial charge >= 0.3 is 0 Å². The minimum atomic E-state index is 0.940. The molecule has 2 rings (SSSR count). The van der Waals surface area contributed by atoms with Gasteiger partial charge in [0.2, 0.25) is 0 Å². The summed E-state index contributed by atoms with van der Waals surface area (Å²) in [4.78, 5) is 9.18. The molecule has 2 nitrogen and oxygen atoms in total. The zero-order chi connectivity index (χ0) is 13.7. The first-order chi connectivity index (χ1) is 9.26. The molecule has 0 aliphatic carbocycles. The van der Waals surface area contributed by atoms with E-state index in [9.17, 15) is 0 Å². The van der Waals surface area contributed by atoms with Crippen molar-refractivity contribution >= 4 is 11.4 Å². The number of benzene rings is 1. The summed E-state index contributed by atoms with van der Waals surface area (Å²) in [5.41, 5.74) is 5.63. The van der Waals surface area contributed by atoms with Gasteiger partial charge in [0, 0.05) is 6.20 Å². The van der Waals surface area contributed by atoms with Crippen LogP contribution in [0.2, 0.25) is 0 Å². The molecule has 98 valence electrons. The molecule has 2 heteroatoms. The molecule has 0 fully saturated rings. The number of nitrogens with zero attached hydrogens (tertiary/aromatic N) is 2. The Morgan fingerprint density at radius 2 is 1.68 bits per heavy atom. The number of aliphatic imine (C=N–C) groups is 1. The predicted octanol–water partition coefficient (Wildman–Crippen LogP) is 4.35. The molecule has 0 aliphatic heterocycles. The topological polar surface area (TPSA) is 25.2 Å². The Morgan fingerprint density at radius 1 is 1.00 bits per heavy atom. The van der Waals surface area contributed by atoms with Crippen LogP contribution < -0.4 is 0 Å². The number of hydrogen-bond donors (Lipinski definition) is 0. The minimum Gasteiger partial charge on any atom is -0.255 e. The van der Waals surface area contributed by atoms with E-state index in [0.29, 0.717) is 0 Å². The lowest BCUT2D eigenvalue weighted by Crippen LogP contribution is -1.98. The molecule has 1 aromatic heterocycles. The monoisotopic (exact) mass is 252 g/mol. The lowest BCUT2D eigenvalue weighted by atomic mass is 10.0. The lowest BCUT2D eigenvalue weighted by molar-refractivity contribution is 1.08. The summed E-state index contributed by atoms with van der Waals surface area (Å²) in [6.07, 6.45) is 3.81. The average molecular weight is 252 g/mol. The number of rotatable bonds is 4. The first-order valence-corrected chi connectivity index (χ1v) is 6.83. The number of hydrogen-bond acceptors (Lipinski definition) is 2. The molecule has 0 N–H and O–H groups in total. The van der Waals surface area contributed by atoms with E-state index in [-0.39, 0.29) is 0 Å². The van der Waals surface area contributed by atoms with E-state index in [1.54, 1.807) is 6.20 Å². The SMILES string of the molecule is CCc1cccc(CC)c1/N=C(\C)c1ccccn1. The van der Waals surface area contributed by atoms with Gasteiger partial charge in [-0.25, -0.2) is 0 Å². The van der Waals surface area contributed by atoms with Crippen molar-refractivity contribution in [2.45, 2.75) is 33.6 Å². The Labute approximate surface area is 115 Å². The quantitative estimate of drug-likeness (QED) is 0.743. The second-order valence-electron chi connectivity index (χ2n) is 4.54. The standard InChI is InChI=1S/C17H20N2/c1-4-14-9-8-10-15(5-2)17(14)19-13(3)16-11-6-7-12-18-16/h6-12H,4-5H2,1-3H3/b19-13+. The van der Waals surface area contributed by atoms with Crippen LogP contribution in [0.15, 0.2) is 47.6 Å². The third-order valence-electron chi connectivity index (χ3n) is 3.28. The van der Waals surface area contributed by atoms with Crippen molar-refractivity contribution in [2.75, 3.05) is 0 Å². The molecule has 2 aromatic rings.